The molecule has 126 valence electrons. The molecular weight excluding hydrogens is 316 g/mol. The summed E-state index contributed by atoms with van der Waals surface area (Å²) >= 11 is 6.26. The second kappa shape index (κ2) is 7.51. The number of hydrogen-bond donors (Lipinski definition) is 2. The number of carbonyl (C=O) groups is 1. The van der Waals surface area contributed by atoms with Crippen molar-refractivity contribution in [2.75, 3.05) is 19.6 Å². The molecule has 2 fully saturated rings. The van der Waals surface area contributed by atoms with E-state index in [1.54, 1.807) is 12.1 Å². The molecule has 2 aliphatic rings. The van der Waals surface area contributed by atoms with Crippen molar-refractivity contribution in [3.63, 3.8) is 0 Å². The molecule has 0 spiro atoms. The van der Waals surface area contributed by atoms with Crippen molar-refractivity contribution in [1.82, 2.24) is 10.2 Å². The van der Waals surface area contributed by atoms with Gasteiger partial charge < -0.3 is 20.1 Å². The number of hydrogen-bond acceptors (Lipinski definition) is 4. The number of amides is 1. The Kier molecular flexibility index (Phi) is 5.41. The summed E-state index contributed by atoms with van der Waals surface area (Å²) in [6.07, 6.45) is 4.61. The van der Waals surface area contributed by atoms with Gasteiger partial charge in [0.05, 0.1) is 17.2 Å². The van der Waals surface area contributed by atoms with Crippen molar-refractivity contribution >= 4 is 18.0 Å². The van der Waals surface area contributed by atoms with Crippen LogP contribution in [0.25, 0.3) is 0 Å². The van der Waals surface area contributed by atoms with Crippen LogP contribution in [-0.4, -0.2) is 48.2 Å². The van der Waals surface area contributed by atoms with E-state index in [1.807, 2.05) is 6.07 Å². The number of halogens is 1. The third-order valence-electron chi connectivity index (χ3n) is 4.43. The molecule has 23 heavy (non-hydrogen) atoms. The minimum Gasteiger partial charge on any atom is -0.489 e. The molecule has 1 saturated carbocycles. The van der Waals surface area contributed by atoms with E-state index < -0.39 is 6.10 Å². The lowest BCUT2D eigenvalue weighted by Gasteiger charge is -2.27. The van der Waals surface area contributed by atoms with Crippen LogP contribution in [0.15, 0.2) is 18.2 Å². The molecule has 0 radical (unpaired) electrons. The van der Waals surface area contributed by atoms with Crippen LogP contribution < -0.4 is 10.1 Å². The van der Waals surface area contributed by atoms with Crippen LogP contribution in [0, 0.1) is 0 Å². The van der Waals surface area contributed by atoms with Gasteiger partial charge in [-0.3, -0.25) is 4.79 Å². The van der Waals surface area contributed by atoms with E-state index in [-0.39, 0.29) is 12.1 Å². The lowest BCUT2D eigenvalue weighted by Crippen LogP contribution is -2.43. The molecule has 2 N–H and O–H groups in total. The molecule has 1 saturated heterocycles. The molecule has 2 unspecified atom stereocenters. The predicted molar refractivity (Wildman–Crippen MR) is 88.7 cm³/mol. The van der Waals surface area contributed by atoms with E-state index in [2.05, 4.69) is 10.2 Å². The van der Waals surface area contributed by atoms with Crippen LogP contribution in [0.3, 0.4) is 0 Å². The second-order valence-corrected chi connectivity index (χ2v) is 6.76. The lowest BCUT2D eigenvalue weighted by atomic mass is 10.0. The highest BCUT2D eigenvalue weighted by Gasteiger charge is 2.27. The van der Waals surface area contributed by atoms with Crippen molar-refractivity contribution in [2.45, 2.75) is 43.9 Å². The first kappa shape index (κ1) is 16.6. The maximum Gasteiger partial charge on any atom is 0.207 e. The highest BCUT2D eigenvalue weighted by molar-refractivity contribution is 6.32. The van der Waals surface area contributed by atoms with Crippen molar-refractivity contribution in [3.8, 4) is 5.75 Å². The van der Waals surface area contributed by atoms with Crippen molar-refractivity contribution in [3.05, 3.63) is 28.8 Å². The van der Waals surface area contributed by atoms with Gasteiger partial charge in [-0.15, -0.1) is 0 Å². The van der Waals surface area contributed by atoms with E-state index in [0.717, 1.165) is 25.9 Å². The molecule has 0 bridgehead atoms. The first-order valence-corrected chi connectivity index (χ1v) is 8.61. The third-order valence-corrected chi connectivity index (χ3v) is 4.73. The first-order valence-electron chi connectivity index (χ1n) is 8.23. The van der Waals surface area contributed by atoms with Gasteiger partial charge in [0.25, 0.3) is 0 Å². The van der Waals surface area contributed by atoms with Crippen molar-refractivity contribution in [1.29, 1.82) is 0 Å². The third kappa shape index (κ3) is 4.37. The fraction of sp³-hybridized carbons (Fsp3) is 0.588. The summed E-state index contributed by atoms with van der Waals surface area (Å²) in [4.78, 5) is 13.1. The van der Waals surface area contributed by atoms with Crippen LogP contribution in [0.5, 0.6) is 5.75 Å². The number of rotatable bonds is 8. The largest absolute Gasteiger partial charge is 0.489 e. The number of nitrogens with one attached hydrogen (secondary N) is 1. The molecule has 1 aliphatic carbocycles. The topological polar surface area (TPSA) is 61.8 Å². The molecule has 1 heterocycles. The standard InChI is InChI=1S/C17H23ClN2O3/c18-14-9-12(3-6-16(14)23-13-4-5-13)17(22)15(19-11-21)10-20-7-1-2-8-20/h3,6,9,11,13,15,17,22H,1-2,4-5,7-8,10H2,(H,19,21). The maximum atomic E-state index is 10.9. The molecular formula is C17H23ClN2O3. The van der Waals surface area contributed by atoms with Gasteiger partial charge in [-0.25, -0.2) is 0 Å². The average molecular weight is 339 g/mol. The monoisotopic (exact) mass is 338 g/mol. The minimum atomic E-state index is -0.798. The Morgan fingerprint density at radius 1 is 1.39 bits per heavy atom. The molecule has 6 heteroatoms. The highest BCUT2D eigenvalue weighted by atomic mass is 35.5. The zero-order valence-electron chi connectivity index (χ0n) is 13.1. The molecule has 3 rings (SSSR count). The van der Waals surface area contributed by atoms with Crippen LogP contribution in [0.2, 0.25) is 5.02 Å². The van der Waals surface area contributed by atoms with Crippen LogP contribution in [0.1, 0.15) is 37.4 Å². The fourth-order valence-electron chi connectivity index (χ4n) is 2.97. The highest BCUT2D eigenvalue weighted by Crippen LogP contribution is 2.34. The Morgan fingerprint density at radius 2 is 2.13 bits per heavy atom. The summed E-state index contributed by atoms with van der Waals surface area (Å²) in [6.45, 7) is 2.66. The predicted octanol–water partition coefficient (Wildman–Crippen LogP) is 2.12. The van der Waals surface area contributed by atoms with Gasteiger partial charge in [0, 0.05) is 6.54 Å². The Labute approximate surface area is 141 Å². The zero-order chi connectivity index (χ0) is 16.2. The summed E-state index contributed by atoms with van der Waals surface area (Å²) in [5, 5.41) is 13.9. The quantitative estimate of drug-likeness (QED) is 0.713. The van der Waals surface area contributed by atoms with Gasteiger partial charge in [0.1, 0.15) is 11.9 Å². The molecule has 5 nitrogen and oxygen atoms in total. The Balaban J connectivity index is 1.68. The van der Waals surface area contributed by atoms with E-state index in [1.165, 1.54) is 12.8 Å². The summed E-state index contributed by atoms with van der Waals surface area (Å²) in [6, 6.07) is 5.00. The summed E-state index contributed by atoms with van der Waals surface area (Å²) in [5.74, 6) is 0.657. The van der Waals surface area contributed by atoms with Crippen LogP contribution >= 0.6 is 11.6 Å². The summed E-state index contributed by atoms with van der Waals surface area (Å²) in [7, 11) is 0. The molecule has 1 amide bonds. The van der Waals surface area contributed by atoms with Crippen LogP contribution in [-0.2, 0) is 4.79 Å². The van der Waals surface area contributed by atoms with Gasteiger partial charge in [0.15, 0.2) is 0 Å². The van der Waals surface area contributed by atoms with E-state index >= 15 is 0 Å². The van der Waals surface area contributed by atoms with Gasteiger partial charge in [0.2, 0.25) is 6.41 Å². The van der Waals surface area contributed by atoms with Gasteiger partial charge >= 0.3 is 0 Å². The Morgan fingerprint density at radius 3 is 2.74 bits per heavy atom. The Bertz CT molecular complexity index is 545. The Hall–Kier alpha value is -1.30. The molecule has 2 atom stereocenters. The molecule has 1 aromatic carbocycles. The number of aliphatic hydroxyl groups is 1. The first-order chi connectivity index (χ1) is 11.2. The fourth-order valence-corrected chi connectivity index (χ4v) is 3.20. The van der Waals surface area contributed by atoms with E-state index in [0.29, 0.717) is 29.3 Å². The normalized spacial score (nSPS) is 21.0. The zero-order valence-corrected chi connectivity index (χ0v) is 13.8. The SMILES string of the molecule is O=CNC(CN1CCCC1)C(O)c1ccc(OC2CC2)c(Cl)c1. The van der Waals surface area contributed by atoms with Gasteiger partial charge in [-0.05, 0) is 56.5 Å². The van der Waals surface area contributed by atoms with Crippen LogP contribution in [0.4, 0.5) is 0 Å². The number of nitrogens with zero attached hydrogens (tertiary/aromatic N) is 1. The smallest absolute Gasteiger partial charge is 0.207 e. The lowest BCUT2D eigenvalue weighted by molar-refractivity contribution is -0.111. The number of carbonyl (C=O) groups excluding carboxylic acids is 1. The number of likely N-dealkylation sites (tertiary alicyclic amines) is 1. The summed E-state index contributed by atoms with van der Waals surface area (Å²) in [5.41, 5.74) is 0.691. The molecule has 1 aliphatic heterocycles. The minimum absolute atomic E-state index is 0.280. The summed E-state index contributed by atoms with van der Waals surface area (Å²) < 4.78 is 5.71. The average Bonchev–Trinajstić information content (AvgIpc) is 3.21. The number of aliphatic hydroxyl groups excluding tert-OH is 1. The van der Waals surface area contributed by atoms with Crippen molar-refractivity contribution < 1.29 is 14.6 Å². The molecule has 1 aromatic rings. The van der Waals surface area contributed by atoms with Gasteiger partial charge in [-0.2, -0.15) is 0 Å². The number of benzene rings is 1. The molecule has 0 aromatic heterocycles. The number of ether oxygens (including phenoxy) is 1. The van der Waals surface area contributed by atoms with E-state index in [4.69, 9.17) is 16.3 Å². The maximum absolute atomic E-state index is 10.9. The van der Waals surface area contributed by atoms with E-state index in [9.17, 15) is 9.90 Å². The second-order valence-electron chi connectivity index (χ2n) is 6.35. The van der Waals surface area contributed by atoms with Gasteiger partial charge in [-0.1, -0.05) is 17.7 Å². The van der Waals surface area contributed by atoms with Crippen molar-refractivity contribution in [2.24, 2.45) is 0 Å².